The van der Waals surface area contributed by atoms with Gasteiger partial charge >= 0.3 is 0 Å². The van der Waals surface area contributed by atoms with Crippen molar-refractivity contribution in [2.75, 3.05) is 18.8 Å². The quantitative estimate of drug-likeness (QED) is 0.798. The van der Waals surface area contributed by atoms with Crippen LogP contribution in [-0.2, 0) is 0 Å². The SMILES string of the molecule is CCCC1(O)CN(C(=O)c2cc(C)ccc2N)C1. The maximum absolute atomic E-state index is 12.2. The highest BCUT2D eigenvalue weighted by Crippen LogP contribution is 2.28. The van der Waals surface area contributed by atoms with Crippen molar-refractivity contribution in [2.45, 2.75) is 32.3 Å². The third-order valence-corrected chi connectivity index (χ3v) is 3.41. The minimum Gasteiger partial charge on any atom is -0.398 e. The van der Waals surface area contributed by atoms with Crippen molar-refractivity contribution in [3.05, 3.63) is 29.3 Å². The number of carbonyl (C=O) groups is 1. The van der Waals surface area contributed by atoms with E-state index < -0.39 is 5.60 Å². The number of nitrogens with two attached hydrogens (primary N) is 1. The Bertz CT molecular complexity index is 465. The lowest BCUT2D eigenvalue weighted by Gasteiger charge is -2.46. The highest BCUT2D eigenvalue weighted by Gasteiger charge is 2.43. The average Bonchev–Trinajstić information content (AvgIpc) is 2.28. The Morgan fingerprint density at radius 2 is 2.17 bits per heavy atom. The van der Waals surface area contributed by atoms with Crippen LogP contribution in [0.5, 0.6) is 0 Å². The predicted octanol–water partition coefficient (Wildman–Crippen LogP) is 1.56. The van der Waals surface area contributed by atoms with Crippen molar-refractivity contribution in [3.8, 4) is 0 Å². The monoisotopic (exact) mass is 248 g/mol. The molecule has 0 atom stereocenters. The predicted molar refractivity (Wildman–Crippen MR) is 71.4 cm³/mol. The number of aliphatic hydroxyl groups is 1. The summed E-state index contributed by atoms with van der Waals surface area (Å²) in [6, 6.07) is 5.44. The fourth-order valence-corrected chi connectivity index (χ4v) is 2.46. The van der Waals surface area contributed by atoms with Crippen LogP contribution in [0.4, 0.5) is 5.69 Å². The molecular formula is C14H20N2O2. The van der Waals surface area contributed by atoms with E-state index in [1.807, 2.05) is 19.9 Å². The summed E-state index contributed by atoms with van der Waals surface area (Å²) >= 11 is 0. The minimum absolute atomic E-state index is 0.0861. The summed E-state index contributed by atoms with van der Waals surface area (Å²) in [6.07, 6.45) is 1.66. The molecule has 1 aliphatic heterocycles. The Labute approximate surface area is 107 Å². The molecule has 0 aliphatic carbocycles. The number of amides is 1. The van der Waals surface area contributed by atoms with Gasteiger partial charge in [-0.3, -0.25) is 4.79 Å². The summed E-state index contributed by atoms with van der Waals surface area (Å²) in [5.74, 6) is -0.0861. The van der Waals surface area contributed by atoms with E-state index in [4.69, 9.17) is 5.73 Å². The third-order valence-electron chi connectivity index (χ3n) is 3.41. The van der Waals surface area contributed by atoms with E-state index >= 15 is 0 Å². The van der Waals surface area contributed by atoms with Gasteiger partial charge in [0.25, 0.3) is 5.91 Å². The molecular weight excluding hydrogens is 228 g/mol. The Balaban J connectivity index is 2.08. The van der Waals surface area contributed by atoms with Crippen LogP contribution >= 0.6 is 0 Å². The molecule has 0 spiro atoms. The van der Waals surface area contributed by atoms with E-state index in [9.17, 15) is 9.90 Å². The summed E-state index contributed by atoms with van der Waals surface area (Å²) in [6.45, 7) is 4.78. The number of aryl methyl sites for hydroxylation is 1. The fraction of sp³-hybridized carbons (Fsp3) is 0.500. The average molecular weight is 248 g/mol. The molecule has 1 saturated heterocycles. The van der Waals surface area contributed by atoms with E-state index in [1.165, 1.54) is 0 Å². The number of anilines is 1. The largest absolute Gasteiger partial charge is 0.398 e. The Morgan fingerprint density at radius 3 is 2.78 bits per heavy atom. The first-order valence-electron chi connectivity index (χ1n) is 6.33. The maximum Gasteiger partial charge on any atom is 0.256 e. The zero-order chi connectivity index (χ0) is 13.3. The van der Waals surface area contributed by atoms with Gasteiger partial charge < -0.3 is 15.7 Å². The van der Waals surface area contributed by atoms with Crippen molar-refractivity contribution in [3.63, 3.8) is 0 Å². The van der Waals surface area contributed by atoms with Crippen LogP contribution < -0.4 is 5.73 Å². The Kier molecular flexibility index (Phi) is 3.30. The molecule has 1 amide bonds. The normalized spacial score (nSPS) is 17.4. The molecule has 1 aromatic carbocycles. The van der Waals surface area contributed by atoms with Crippen LogP contribution in [0.25, 0.3) is 0 Å². The van der Waals surface area contributed by atoms with Gasteiger partial charge in [0.1, 0.15) is 0 Å². The van der Waals surface area contributed by atoms with Crippen molar-refractivity contribution < 1.29 is 9.90 Å². The van der Waals surface area contributed by atoms with Gasteiger partial charge in [-0.1, -0.05) is 25.0 Å². The second-order valence-electron chi connectivity index (χ2n) is 5.23. The van der Waals surface area contributed by atoms with Gasteiger partial charge in [0.05, 0.1) is 24.3 Å². The number of benzene rings is 1. The lowest BCUT2D eigenvalue weighted by Crippen LogP contribution is -2.63. The molecule has 0 radical (unpaired) electrons. The lowest BCUT2D eigenvalue weighted by atomic mass is 9.88. The van der Waals surface area contributed by atoms with E-state index in [1.54, 1.807) is 17.0 Å². The molecule has 0 aromatic heterocycles. The lowest BCUT2D eigenvalue weighted by molar-refractivity contribution is -0.0859. The third kappa shape index (κ3) is 2.34. The highest BCUT2D eigenvalue weighted by atomic mass is 16.3. The van der Waals surface area contributed by atoms with E-state index in [0.717, 1.165) is 18.4 Å². The zero-order valence-corrected chi connectivity index (χ0v) is 10.9. The molecule has 1 heterocycles. The molecule has 98 valence electrons. The van der Waals surface area contributed by atoms with Crippen LogP contribution in [0.2, 0.25) is 0 Å². The maximum atomic E-state index is 12.2. The van der Waals surface area contributed by atoms with Gasteiger partial charge in [0.2, 0.25) is 0 Å². The second kappa shape index (κ2) is 4.61. The Hall–Kier alpha value is -1.55. The number of nitrogen functional groups attached to an aromatic ring is 1. The molecule has 0 unspecified atom stereocenters. The number of hydrogen-bond acceptors (Lipinski definition) is 3. The van der Waals surface area contributed by atoms with Crippen LogP contribution in [0, 0.1) is 6.92 Å². The molecule has 4 nitrogen and oxygen atoms in total. The number of carbonyl (C=O) groups excluding carboxylic acids is 1. The number of rotatable bonds is 3. The van der Waals surface area contributed by atoms with Crippen molar-refractivity contribution >= 4 is 11.6 Å². The van der Waals surface area contributed by atoms with Crippen LogP contribution in [-0.4, -0.2) is 34.6 Å². The first-order chi connectivity index (χ1) is 8.45. The molecule has 2 rings (SSSR count). The first kappa shape index (κ1) is 12.9. The molecule has 0 saturated carbocycles. The first-order valence-corrected chi connectivity index (χ1v) is 6.33. The Morgan fingerprint density at radius 1 is 1.50 bits per heavy atom. The summed E-state index contributed by atoms with van der Waals surface area (Å²) in [5, 5.41) is 10.1. The van der Waals surface area contributed by atoms with Crippen LogP contribution in [0.3, 0.4) is 0 Å². The van der Waals surface area contributed by atoms with E-state index in [2.05, 4.69) is 0 Å². The van der Waals surface area contributed by atoms with Gasteiger partial charge in [-0.15, -0.1) is 0 Å². The molecule has 1 aliphatic rings. The molecule has 1 aromatic rings. The van der Waals surface area contributed by atoms with Gasteiger partial charge in [0, 0.05) is 5.69 Å². The zero-order valence-electron chi connectivity index (χ0n) is 10.9. The smallest absolute Gasteiger partial charge is 0.256 e. The molecule has 18 heavy (non-hydrogen) atoms. The van der Waals surface area contributed by atoms with Crippen LogP contribution in [0.15, 0.2) is 18.2 Å². The number of hydrogen-bond donors (Lipinski definition) is 2. The van der Waals surface area contributed by atoms with E-state index in [-0.39, 0.29) is 5.91 Å². The fourth-order valence-electron chi connectivity index (χ4n) is 2.46. The van der Waals surface area contributed by atoms with E-state index in [0.29, 0.717) is 24.3 Å². The summed E-state index contributed by atoms with van der Waals surface area (Å²) < 4.78 is 0. The summed E-state index contributed by atoms with van der Waals surface area (Å²) in [5.41, 5.74) is 7.18. The topological polar surface area (TPSA) is 66.6 Å². The second-order valence-corrected chi connectivity index (χ2v) is 5.23. The van der Waals surface area contributed by atoms with Crippen LogP contribution in [0.1, 0.15) is 35.7 Å². The molecule has 1 fully saturated rings. The number of β-amino-alcohol motifs (C(OH)–C–C–N with tert-alkyl or cyclic N) is 1. The van der Waals surface area contributed by atoms with Gasteiger partial charge in [-0.25, -0.2) is 0 Å². The highest BCUT2D eigenvalue weighted by molar-refractivity contribution is 5.99. The minimum atomic E-state index is -0.691. The van der Waals surface area contributed by atoms with Crippen molar-refractivity contribution in [1.82, 2.24) is 4.90 Å². The van der Waals surface area contributed by atoms with Crippen molar-refractivity contribution in [1.29, 1.82) is 0 Å². The van der Waals surface area contributed by atoms with Gasteiger partial charge in [0.15, 0.2) is 0 Å². The molecule has 4 heteroatoms. The summed E-state index contributed by atoms with van der Waals surface area (Å²) in [7, 11) is 0. The van der Waals surface area contributed by atoms with Gasteiger partial charge in [-0.2, -0.15) is 0 Å². The summed E-state index contributed by atoms with van der Waals surface area (Å²) in [4.78, 5) is 13.9. The molecule has 0 bridgehead atoms. The number of nitrogens with zero attached hydrogens (tertiary/aromatic N) is 1. The molecule has 3 N–H and O–H groups in total. The number of likely N-dealkylation sites (tertiary alicyclic amines) is 1. The standard InChI is InChI=1S/C14H20N2O2/c1-3-6-14(18)8-16(9-14)13(17)11-7-10(2)4-5-12(11)15/h4-5,7,18H,3,6,8-9,15H2,1-2H3. The van der Waals surface area contributed by atoms with Crippen molar-refractivity contribution in [2.24, 2.45) is 0 Å². The van der Waals surface area contributed by atoms with Gasteiger partial charge in [-0.05, 0) is 25.5 Å².